The van der Waals surface area contributed by atoms with Crippen LogP contribution in [0, 0.1) is 6.92 Å². The quantitative estimate of drug-likeness (QED) is 0.813. The fourth-order valence-electron chi connectivity index (χ4n) is 2.61. The average molecular weight is 367 g/mol. The fourth-order valence-corrected chi connectivity index (χ4v) is 2.78. The molecule has 2 amide bonds. The molecule has 1 saturated heterocycles. The van der Waals surface area contributed by atoms with Crippen molar-refractivity contribution in [2.45, 2.75) is 45.6 Å². The Bertz CT molecular complexity index is 662. The highest BCUT2D eigenvalue weighted by Gasteiger charge is 2.23. The van der Waals surface area contributed by atoms with Crippen LogP contribution in [-0.2, 0) is 19.1 Å². The smallest absolute Gasteiger partial charge is 0.326 e. The van der Waals surface area contributed by atoms with E-state index in [0.717, 1.165) is 24.8 Å². The Kier molecular flexibility index (Phi) is 6.82. The SMILES string of the molecule is Cc1ccc(Cl)cc1NC(=O)[C@H](C)OC(=O)CN1CCCCCC1=O. The number of halogens is 1. The van der Waals surface area contributed by atoms with Gasteiger partial charge in [-0.25, -0.2) is 0 Å². The van der Waals surface area contributed by atoms with E-state index in [-0.39, 0.29) is 12.5 Å². The molecule has 7 heteroatoms. The van der Waals surface area contributed by atoms with Gasteiger partial charge in [0.25, 0.3) is 5.91 Å². The Hall–Kier alpha value is -2.08. The van der Waals surface area contributed by atoms with Crippen molar-refractivity contribution in [3.05, 3.63) is 28.8 Å². The number of aryl methyl sites for hydroxylation is 1. The molecule has 0 spiro atoms. The van der Waals surface area contributed by atoms with Crippen molar-refractivity contribution >= 4 is 35.1 Å². The first kappa shape index (κ1) is 19.2. The van der Waals surface area contributed by atoms with E-state index in [9.17, 15) is 14.4 Å². The summed E-state index contributed by atoms with van der Waals surface area (Å²) in [4.78, 5) is 37.7. The van der Waals surface area contributed by atoms with Gasteiger partial charge in [-0.3, -0.25) is 14.4 Å². The maximum Gasteiger partial charge on any atom is 0.326 e. The molecule has 0 radical (unpaired) electrons. The second-order valence-corrected chi connectivity index (χ2v) is 6.64. The Balaban J connectivity index is 1.88. The number of hydrogen-bond donors (Lipinski definition) is 1. The van der Waals surface area contributed by atoms with Gasteiger partial charge in [-0.2, -0.15) is 0 Å². The highest BCUT2D eigenvalue weighted by Crippen LogP contribution is 2.20. The minimum absolute atomic E-state index is 0.0406. The molecule has 0 saturated carbocycles. The number of esters is 1. The number of carbonyl (C=O) groups is 3. The van der Waals surface area contributed by atoms with Gasteiger partial charge in [0, 0.05) is 23.7 Å². The molecule has 0 aliphatic carbocycles. The van der Waals surface area contributed by atoms with E-state index in [0.29, 0.717) is 23.7 Å². The van der Waals surface area contributed by atoms with E-state index in [1.165, 1.54) is 11.8 Å². The van der Waals surface area contributed by atoms with Gasteiger partial charge in [-0.05, 0) is 44.4 Å². The number of benzene rings is 1. The molecule has 25 heavy (non-hydrogen) atoms. The minimum atomic E-state index is -0.965. The summed E-state index contributed by atoms with van der Waals surface area (Å²) in [6, 6.07) is 5.16. The molecule has 1 aliphatic rings. The van der Waals surface area contributed by atoms with Gasteiger partial charge in [0.1, 0.15) is 6.54 Å². The summed E-state index contributed by atoms with van der Waals surface area (Å²) in [6.45, 7) is 3.77. The van der Waals surface area contributed by atoms with Crippen molar-refractivity contribution in [2.24, 2.45) is 0 Å². The average Bonchev–Trinajstić information content (AvgIpc) is 2.75. The normalized spacial score (nSPS) is 16.1. The second kappa shape index (κ2) is 8.85. The van der Waals surface area contributed by atoms with E-state index in [1.807, 2.05) is 6.92 Å². The summed E-state index contributed by atoms with van der Waals surface area (Å²) in [7, 11) is 0. The lowest BCUT2D eigenvalue weighted by atomic mass is 10.2. The van der Waals surface area contributed by atoms with Crippen LogP contribution >= 0.6 is 11.6 Å². The van der Waals surface area contributed by atoms with Crippen molar-refractivity contribution in [3.63, 3.8) is 0 Å². The number of carbonyl (C=O) groups excluding carboxylic acids is 3. The topological polar surface area (TPSA) is 75.7 Å². The molecule has 1 atom stereocenters. The zero-order valence-corrected chi connectivity index (χ0v) is 15.3. The molecule has 0 bridgehead atoms. The van der Waals surface area contributed by atoms with E-state index in [4.69, 9.17) is 16.3 Å². The van der Waals surface area contributed by atoms with E-state index < -0.39 is 18.0 Å². The van der Waals surface area contributed by atoms with Gasteiger partial charge in [0.2, 0.25) is 5.91 Å². The molecule has 1 aromatic rings. The van der Waals surface area contributed by atoms with Gasteiger partial charge in [-0.1, -0.05) is 24.1 Å². The summed E-state index contributed by atoms with van der Waals surface area (Å²) in [5, 5.41) is 3.20. The van der Waals surface area contributed by atoms with Crippen molar-refractivity contribution in [1.29, 1.82) is 0 Å². The molecule has 2 rings (SSSR count). The number of nitrogens with one attached hydrogen (secondary N) is 1. The van der Waals surface area contributed by atoms with Crippen LogP contribution in [0.25, 0.3) is 0 Å². The van der Waals surface area contributed by atoms with Crippen LogP contribution in [0.1, 0.15) is 38.2 Å². The zero-order valence-electron chi connectivity index (χ0n) is 14.5. The lowest BCUT2D eigenvalue weighted by Gasteiger charge is -2.21. The number of rotatable bonds is 5. The molecular weight excluding hydrogens is 344 g/mol. The van der Waals surface area contributed by atoms with Gasteiger partial charge in [-0.15, -0.1) is 0 Å². The molecule has 1 heterocycles. The van der Waals surface area contributed by atoms with Crippen molar-refractivity contribution in [3.8, 4) is 0 Å². The largest absolute Gasteiger partial charge is 0.451 e. The standard InChI is InChI=1S/C18H23ClN2O4/c1-12-7-8-14(19)10-15(12)20-18(24)13(2)25-17(23)11-21-9-5-3-4-6-16(21)22/h7-8,10,13H,3-6,9,11H2,1-2H3,(H,20,24)/t13-/m0/s1. The summed E-state index contributed by atoms with van der Waals surface area (Å²) < 4.78 is 5.17. The van der Waals surface area contributed by atoms with Gasteiger partial charge in [0.15, 0.2) is 6.10 Å². The first-order valence-electron chi connectivity index (χ1n) is 8.41. The Morgan fingerprint density at radius 2 is 2.08 bits per heavy atom. The highest BCUT2D eigenvalue weighted by atomic mass is 35.5. The first-order chi connectivity index (χ1) is 11.9. The van der Waals surface area contributed by atoms with Crippen LogP contribution in [0.4, 0.5) is 5.69 Å². The van der Waals surface area contributed by atoms with Crippen LogP contribution in [-0.4, -0.2) is 41.9 Å². The molecule has 1 aliphatic heterocycles. The zero-order chi connectivity index (χ0) is 18.4. The van der Waals surface area contributed by atoms with Crippen LogP contribution < -0.4 is 5.32 Å². The summed E-state index contributed by atoms with van der Waals surface area (Å²) in [5.41, 5.74) is 1.43. The monoisotopic (exact) mass is 366 g/mol. The van der Waals surface area contributed by atoms with Crippen LogP contribution in [0.3, 0.4) is 0 Å². The molecule has 136 valence electrons. The number of hydrogen-bond acceptors (Lipinski definition) is 4. The number of nitrogens with zero attached hydrogens (tertiary/aromatic N) is 1. The molecular formula is C18H23ClN2O4. The van der Waals surface area contributed by atoms with Gasteiger partial charge >= 0.3 is 5.97 Å². The third-order valence-corrected chi connectivity index (χ3v) is 4.36. The molecule has 6 nitrogen and oxygen atoms in total. The van der Waals surface area contributed by atoms with Crippen LogP contribution in [0.15, 0.2) is 18.2 Å². The molecule has 1 N–H and O–H groups in total. The van der Waals surface area contributed by atoms with Crippen LogP contribution in [0.5, 0.6) is 0 Å². The summed E-state index contributed by atoms with van der Waals surface area (Å²) in [6.07, 6.45) is 2.20. The maximum absolute atomic E-state index is 12.2. The number of likely N-dealkylation sites (tertiary alicyclic amines) is 1. The second-order valence-electron chi connectivity index (χ2n) is 6.21. The predicted molar refractivity (Wildman–Crippen MR) is 95.4 cm³/mol. The predicted octanol–water partition coefficient (Wildman–Crippen LogP) is 2.92. The summed E-state index contributed by atoms with van der Waals surface area (Å²) in [5.74, 6) is -1.07. The van der Waals surface area contributed by atoms with E-state index >= 15 is 0 Å². The Labute approximate surface area is 152 Å². The minimum Gasteiger partial charge on any atom is -0.451 e. The summed E-state index contributed by atoms with van der Waals surface area (Å²) >= 11 is 5.93. The van der Waals surface area contributed by atoms with Gasteiger partial charge < -0.3 is 15.0 Å². The number of ether oxygens (including phenoxy) is 1. The van der Waals surface area contributed by atoms with Crippen LogP contribution in [0.2, 0.25) is 5.02 Å². The van der Waals surface area contributed by atoms with E-state index in [1.54, 1.807) is 18.2 Å². The van der Waals surface area contributed by atoms with Crippen molar-refractivity contribution in [1.82, 2.24) is 4.90 Å². The van der Waals surface area contributed by atoms with Crippen molar-refractivity contribution in [2.75, 3.05) is 18.4 Å². The highest BCUT2D eigenvalue weighted by molar-refractivity contribution is 6.31. The fraction of sp³-hybridized carbons (Fsp3) is 0.500. The third-order valence-electron chi connectivity index (χ3n) is 4.13. The Morgan fingerprint density at radius 3 is 2.84 bits per heavy atom. The Morgan fingerprint density at radius 1 is 1.32 bits per heavy atom. The van der Waals surface area contributed by atoms with Crippen molar-refractivity contribution < 1.29 is 19.1 Å². The molecule has 0 unspecified atom stereocenters. The number of anilines is 1. The lowest BCUT2D eigenvalue weighted by molar-refractivity contribution is -0.156. The van der Waals surface area contributed by atoms with E-state index in [2.05, 4.69) is 5.32 Å². The molecule has 0 aromatic heterocycles. The molecule has 1 aromatic carbocycles. The van der Waals surface area contributed by atoms with Gasteiger partial charge in [0.05, 0.1) is 0 Å². The first-order valence-corrected chi connectivity index (χ1v) is 8.79. The number of amides is 2. The third kappa shape index (κ3) is 5.74. The molecule has 1 fully saturated rings. The maximum atomic E-state index is 12.2. The lowest BCUT2D eigenvalue weighted by Crippen LogP contribution is -2.38.